The highest BCUT2D eigenvalue weighted by molar-refractivity contribution is 5.28. The van der Waals surface area contributed by atoms with Gasteiger partial charge in [0, 0.05) is 12.1 Å². The van der Waals surface area contributed by atoms with Crippen molar-refractivity contribution in [3.8, 4) is 0 Å². The van der Waals surface area contributed by atoms with E-state index in [4.69, 9.17) is 0 Å². The summed E-state index contributed by atoms with van der Waals surface area (Å²) in [5, 5.41) is 0. The molecule has 3 saturated heterocycles. The highest BCUT2D eigenvalue weighted by Crippen LogP contribution is 2.54. The predicted octanol–water partition coefficient (Wildman–Crippen LogP) is 4.75. The summed E-state index contributed by atoms with van der Waals surface area (Å²) in [5.41, 5.74) is 3.02. The number of hydrogen-bond acceptors (Lipinski definition) is 1. The van der Waals surface area contributed by atoms with Crippen LogP contribution in [0.5, 0.6) is 0 Å². The number of benzene rings is 1. The predicted molar refractivity (Wildman–Crippen MR) is 88.6 cm³/mol. The minimum absolute atomic E-state index is 0.825. The van der Waals surface area contributed by atoms with E-state index in [1.807, 2.05) is 0 Å². The maximum absolute atomic E-state index is 2.90. The van der Waals surface area contributed by atoms with Crippen LogP contribution in [0.3, 0.4) is 0 Å². The van der Waals surface area contributed by atoms with E-state index in [0.29, 0.717) is 0 Å². The van der Waals surface area contributed by atoms with E-state index < -0.39 is 0 Å². The molecule has 1 aromatic rings. The molecule has 1 nitrogen and oxygen atoms in total. The van der Waals surface area contributed by atoms with Crippen molar-refractivity contribution < 1.29 is 0 Å². The minimum atomic E-state index is 0.825. The van der Waals surface area contributed by atoms with Gasteiger partial charge in [0.2, 0.25) is 0 Å². The van der Waals surface area contributed by atoms with Gasteiger partial charge >= 0.3 is 0 Å². The second kappa shape index (κ2) is 5.43. The Bertz CT molecular complexity index is 491. The van der Waals surface area contributed by atoms with E-state index in [-0.39, 0.29) is 0 Å². The fourth-order valence-corrected chi connectivity index (χ4v) is 5.56. The molecule has 0 amide bonds. The molecule has 114 valence electrons. The summed E-state index contributed by atoms with van der Waals surface area (Å²) in [4.78, 5) is 2.90. The van der Waals surface area contributed by atoms with Crippen molar-refractivity contribution in [2.24, 2.45) is 11.8 Å². The average Bonchev–Trinajstić information content (AvgIpc) is 3.01. The van der Waals surface area contributed by atoms with Crippen molar-refractivity contribution in [1.82, 2.24) is 4.90 Å². The number of hydrogen-bond donors (Lipinski definition) is 0. The van der Waals surface area contributed by atoms with Gasteiger partial charge in [0.15, 0.2) is 0 Å². The molecule has 0 aromatic heterocycles. The fraction of sp³-hybridized carbons (Fsp3) is 0.700. The molecule has 0 spiro atoms. The zero-order chi connectivity index (χ0) is 14.4. The zero-order valence-corrected chi connectivity index (χ0v) is 13.6. The van der Waals surface area contributed by atoms with Gasteiger partial charge in [-0.05, 0) is 62.5 Å². The van der Waals surface area contributed by atoms with Crippen LogP contribution in [-0.4, -0.2) is 23.5 Å². The summed E-state index contributed by atoms with van der Waals surface area (Å²) in [6.45, 7) is 5.94. The number of rotatable bonds is 4. The first-order valence-electron chi connectivity index (χ1n) is 9.10. The Morgan fingerprint density at radius 2 is 1.90 bits per heavy atom. The van der Waals surface area contributed by atoms with Gasteiger partial charge in [-0.1, -0.05) is 49.6 Å². The Balaban J connectivity index is 1.63. The molecule has 0 N–H and O–H groups in total. The third-order valence-electron chi connectivity index (χ3n) is 6.60. The third kappa shape index (κ3) is 2.25. The maximum Gasteiger partial charge on any atom is 0.0136 e. The second-order valence-corrected chi connectivity index (χ2v) is 7.72. The van der Waals surface area contributed by atoms with Crippen LogP contribution < -0.4 is 0 Å². The van der Waals surface area contributed by atoms with Gasteiger partial charge in [-0.25, -0.2) is 0 Å². The van der Waals surface area contributed by atoms with Crippen LogP contribution in [-0.2, 0) is 0 Å². The van der Waals surface area contributed by atoms with E-state index in [1.54, 1.807) is 5.56 Å². The van der Waals surface area contributed by atoms with Crippen molar-refractivity contribution >= 4 is 0 Å². The van der Waals surface area contributed by atoms with Crippen molar-refractivity contribution in [1.29, 1.82) is 0 Å². The molecule has 5 unspecified atom stereocenters. The SMILES string of the molecule is CCCCC1C2CC3CCN2C3C[C@@H]1c1ccc(C)cc1. The van der Waals surface area contributed by atoms with Crippen molar-refractivity contribution in [2.75, 3.05) is 6.54 Å². The lowest BCUT2D eigenvalue weighted by Crippen LogP contribution is -2.46. The minimum Gasteiger partial charge on any atom is -0.297 e. The summed E-state index contributed by atoms with van der Waals surface area (Å²) in [5.74, 6) is 2.76. The first kappa shape index (κ1) is 13.8. The van der Waals surface area contributed by atoms with E-state index in [0.717, 1.165) is 29.8 Å². The smallest absolute Gasteiger partial charge is 0.0136 e. The Kier molecular flexibility index (Phi) is 3.57. The van der Waals surface area contributed by atoms with Gasteiger partial charge in [0.25, 0.3) is 0 Å². The number of piperidine rings is 2. The molecule has 1 aromatic carbocycles. The van der Waals surface area contributed by atoms with Gasteiger partial charge < -0.3 is 0 Å². The molecule has 0 saturated carbocycles. The van der Waals surface area contributed by atoms with Crippen LogP contribution in [0.15, 0.2) is 24.3 Å². The molecule has 21 heavy (non-hydrogen) atoms. The van der Waals surface area contributed by atoms with Crippen LogP contribution in [0.4, 0.5) is 0 Å². The Morgan fingerprint density at radius 1 is 1.10 bits per heavy atom. The second-order valence-electron chi connectivity index (χ2n) is 7.72. The largest absolute Gasteiger partial charge is 0.297 e. The van der Waals surface area contributed by atoms with Gasteiger partial charge in [0.05, 0.1) is 0 Å². The van der Waals surface area contributed by atoms with Crippen LogP contribution in [0.25, 0.3) is 0 Å². The first-order valence-corrected chi connectivity index (χ1v) is 9.10. The van der Waals surface area contributed by atoms with Gasteiger partial charge in [-0.15, -0.1) is 0 Å². The molecule has 3 fully saturated rings. The highest BCUT2D eigenvalue weighted by atomic mass is 15.3. The van der Waals surface area contributed by atoms with Gasteiger partial charge in [-0.2, -0.15) is 0 Å². The Hall–Kier alpha value is -0.820. The van der Waals surface area contributed by atoms with Crippen LogP contribution in [0.1, 0.15) is 62.5 Å². The Labute approximate surface area is 129 Å². The van der Waals surface area contributed by atoms with Crippen molar-refractivity contribution in [2.45, 2.75) is 70.4 Å². The standard InChI is InChI=1S/C20H29N/c1-3-4-5-17-18(15-8-6-14(2)7-9-15)13-19-16-10-11-21(19)20(17)12-16/h6-9,16-20H,3-5,10-13H2,1-2H3/t16?,17?,18-,19?,20?/m1/s1. The summed E-state index contributed by atoms with van der Waals surface area (Å²) >= 11 is 0. The lowest BCUT2D eigenvalue weighted by molar-refractivity contribution is 0.0830. The molecular formula is C20H29N. The van der Waals surface area contributed by atoms with Gasteiger partial charge in [-0.3, -0.25) is 4.90 Å². The van der Waals surface area contributed by atoms with Crippen LogP contribution in [0, 0.1) is 18.8 Å². The summed E-state index contributed by atoms with van der Waals surface area (Å²) in [6, 6.07) is 11.3. The molecule has 3 heterocycles. The van der Waals surface area contributed by atoms with Crippen molar-refractivity contribution in [3.63, 3.8) is 0 Å². The lowest BCUT2D eigenvalue weighted by atomic mass is 9.74. The molecule has 3 aliphatic rings. The fourth-order valence-electron chi connectivity index (χ4n) is 5.56. The topological polar surface area (TPSA) is 3.24 Å². The maximum atomic E-state index is 2.90. The third-order valence-corrected chi connectivity index (χ3v) is 6.60. The van der Waals surface area contributed by atoms with E-state index in [1.165, 1.54) is 50.6 Å². The summed E-state index contributed by atoms with van der Waals surface area (Å²) in [7, 11) is 0. The molecular weight excluding hydrogens is 254 g/mol. The molecule has 0 aliphatic carbocycles. The quantitative estimate of drug-likeness (QED) is 0.770. The average molecular weight is 283 g/mol. The summed E-state index contributed by atoms with van der Waals surface area (Å²) < 4.78 is 0. The van der Waals surface area contributed by atoms with E-state index >= 15 is 0 Å². The van der Waals surface area contributed by atoms with Crippen LogP contribution in [0.2, 0.25) is 0 Å². The zero-order valence-electron chi connectivity index (χ0n) is 13.6. The molecule has 4 rings (SSSR count). The van der Waals surface area contributed by atoms with E-state index in [2.05, 4.69) is 43.0 Å². The normalized spacial score (nSPS) is 40.7. The van der Waals surface area contributed by atoms with E-state index in [9.17, 15) is 0 Å². The monoisotopic (exact) mass is 283 g/mol. The van der Waals surface area contributed by atoms with Crippen LogP contribution >= 0.6 is 0 Å². The Morgan fingerprint density at radius 3 is 2.67 bits per heavy atom. The molecule has 3 aliphatic heterocycles. The van der Waals surface area contributed by atoms with Gasteiger partial charge in [0.1, 0.15) is 0 Å². The van der Waals surface area contributed by atoms with Crippen molar-refractivity contribution in [3.05, 3.63) is 35.4 Å². The first-order chi connectivity index (χ1) is 10.3. The number of nitrogens with zero attached hydrogens (tertiary/aromatic N) is 1. The molecule has 0 radical (unpaired) electrons. The lowest BCUT2D eigenvalue weighted by Gasteiger charge is -2.44. The highest BCUT2D eigenvalue weighted by Gasteiger charge is 2.54. The molecule has 1 heteroatoms. The molecule has 4 bridgehead atoms. The molecule has 6 atom stereocenters. The number of unbranched alkanes of at least 4 members (excludes halogenated alkanes) is 1. The number of aryl methyl sites for hydroxylation is 1. The summed E-state index contributed by atoms with van der Waals surface area (Å²) in [6.07, 6.45) is 8.60.